The van der Waals surface area contributed by atoms with Crippen LogP contribution in [0, 0.1) is 0 Å². The summed E-state index contributed by atoms with van der Waals surface area (Å²) in [5.74, 6) is -3.37. The van der Waals surface area contributed by atoms with E-state index in [9.17, 15) is 14.4 Å². The summed E-state index contributed by atoms with van der Waals surface area (Å²) >= 11 is 1.26. The molecule has 3 heterocycles. The summed E-state index contributed by atoms with van der Waals surface area (Å²) in [6.45, 7) is 0.891. The molecular formula is C17H14N2O5S. The van der Waals surface area contributed by atoms with Crippen molar-refractivity contribution in [1.29, 1.82) is 0 Å². The van der Waals surface area contributed by atoms with Gasteiger partial charge >= 0.3 is 6.03 Å². The molecule has 0 radical (unpaired) electrons. The Balaban J connectivity index is 1.72. The van der Waals surface area contributed by atoms with Crippen LogP contribution in [0.4, 0.5) is 4.79 Å². The highest BCUT2D eigenvalue weighted by Gasteiger charge is 2.43. The van der Waals surface area contributed by atoms with Gasteiger partial charge in [-0.1, -0.05) is 30.3 Å². The second-order valence-electron chi connectivity index (χ2n) is 5.62. The number of hydrogen-bond acceptors (Lipinski definition) is 6. The molecule has 4 rings (SSSR count). The molecule has 2 aromatic rings. The molecule has 0 bridgehead atoms. The van der Waals surface area contributed by atoms with E-state index in [1.165, 1.54) is 11.3 Å². The van der Waals surface area contributed by atoms with Crippen LogP contribution < -0.4 is 10.6 Å². The second kappa shape index (κ2) is 6.07. The molecular weight excluding hydrogens is 344 g/mol. The fourth-order valence-electron chi connectivity index (χ4n) is 2.98. The third-order valence-electron chi connectivity index (χ3n) is 4.08. The van der Waals surface area contributed by atoms with Crippen LogP contribution in [-0.4, -0.2) is 31.1 Å². The third-order valence-corrected chi connectivity index (χ3v) is 5.31. The number of hydrogen-bond donors (Lipinski definition) is 2. The number of ether oxygens (including phenoxy) is 2. The summed E-state index contributed by atoms with van der Waals surface area (Å²) in [4.78, 5) is 36.6. The number of rotatable bonds is 3. The molecule has 0 unspecified atom stereocenters. The monoisotopic (exact) mass is 358 g/mol. The van der Waals surface area contributed by atoms with Crippen molar-refractivity contribution in [3.8, 4) is 0 Å². The molecule has 0 saturated carbocycles. The maximum absolute atomic E-state index is 12.0. The van der Waals surface area contributed by atoms with Crippen LogP contribution in [0.3, 0.4) is 0 Å². The lowest BCUT2D eigenvalue weighted by Crippen LogP contribution is -2.54. The highest BCUT2D eigenvalue weighted by Crippen LogP contribution is 2.43. The summed E-state index contributed by atoms with van der Waals surface area (Å²) in [6, 6.07) is 12.2. The lowest BCUT2D eigenvalue weighted by atomic mass is 10.0. The molecule has 2 aliphatic rings. The van der Waals surface area contributed by atoms with E-state index in [2.05, 4.69) is 10.6 Å². The lowest BCUT2D eigenvalue weighted by molar-refractivity contribution is -0.132. The summed E-state index contributed by atoms with van der Waals surface area (Å²) in [5.41, 5.74) is 0.841. The van der Waals surface area contributed by atoms with Gasteiger partial charge in [-0.3, -0.25) is 20.2 Å². The second-order valence-corrected chi connectivity index (χ2v) is 6.74. The molecule has 2 aliphatic heterocycles. The quantitative estimate of drug-likeness (QED) is 0.810. The number of thiophene rings is 1. The van der Waals surface area contributed by atoms with E-state index in [1.807, 2.05) is 30.3 Å². The molecule has 2 fully saturated rings. The van der Waals surface area contributed by atoms with E-state index in [0.717, 1.165) is 10.4 Å². The van der Waals surface area contributed by atoms with Gasteiger partial charge in [-0.05, 0) is 12.1 Å². The number of nitrogens with one attached hydrogen (secondary N) is 2. The number of amides is 4. The Morgan fingerprint density at radius 2 is 1.56 bits per heavy atom. The Hall–Kier alpha value is -2.55. The van der Waals surface area contributed by atoms with Crippen molar-refractivity contribution >= 4 is 29.2 Å². The van der Waals surface area contributed by atoms with Gasteiger partial charge in [-0.25, -0.2) is 4.79 Å². The van der Waals surface area contributed by atoms with Gasteiger partial charge in [0.1, 0.15) is 0 Å². The SMILES string of the molecule is O=C1NC(=O)C(c2ccc(C3(c4ccccc4)OCCO3)s2)C(=O)N1. The molecule has 128 valence electrons. The number of urea groups is 1. The minimum Gasteiger partial charge on any atom is -0.339 e. The van der Waals surface area contributed by atoms with Gasteiger partial charge in [0.05, 0.1) is 18.1 Å². The zero-order valence-corrected chi connectivity index (χ0v) is 13.8. The molecule has 2 N–H and O–H groups in total. The molecule has 1 aromatic heterocycles. The average molecular weight is 358 g/mol. The maximum Gasteiger partial charge on any atom is 0.328 e. The van der Waals surface area contributed by atoms with E-state index in [4.69, 9.17) is 9.47 Å². The first-order chi connectivity index (χ1) is 12.1. The summed E-state index contributed by atoms with van der Waals surface area (Å²) in [6.07, 6.45) is 0. The summed E-state index contributed by atoms with van der Waals surface area (Å²) < 4.78 is 11.8. The van der Waals surface area contributed by atoms with Gasteiger partial charge in [-0.2, -0.15) is 0 Å². The number of carbonyl (C=O) groups excluding carboxylic acids is 3. The van der Waals surface area contributed by atoms with Crippen molar-refractivity contribution < 1.29 is 23.9 Å². The van der Waals surface area contributed by atoms with Gasteiger partial charge in [0.25, 0.3) is 0 Å². The van der Waals surface area contributed by atoms with Crippen LogP contribution >= 0.6 is 11.3 Å². The van der Waals surface area contributed by atoms with Crippen molar-refractivity contribution in [3.05, 3.63) is 57.8 Å². The molecule has 8 heteroatoms. The van der Waals surface area contributed by atoms with Gasteiger partial charge in [0.15, 0.2) is 5.92 Å². The zero-order chi connectivity index (χ0) is 17.4. The van der Waals surface area contributed by atoms with Crippen LogP contribution in [0.2, 0.25) is 0 Å². The lowest BCUT2D eigenvalue weighted by Gasteiger charge is -2.26. The van der Waals surface area contributed by atoms with Crippen LogP contribution in [0.25, 0.3) is 0 Å². The van der Waals surface area contributed by atoms with Gasteiger partial charge in [0, 0.05) is 10.4 Å². The van der Waals surface area contributed by atoms with Gasteiger partial charge < -0.3 is 9.47 Å². The van der Waals surface area contributed by atoms with Gasteiger partial charge in [0.2, 0.25) is 17.6 Å². The summed E-state index contributed by atoms with van der Waals surface area (Å²) in [5, 5.41) is 4.23. The average Bonchev–Trinajstić information content (AvgIpc) is 3.25. The Kier molecular flexibility index (Phi) is 3.87. The molecule has 0 spiro atoms. The molecule has 25 heavy (non-hydrogen) atoms. The number of benzene rings is 1. The van der Waals surface area contributed by atoms with Crippen molar-refractivity contribution in [3.63, 3.8) is 0 Å². The highest BCUT2D eigenvalue weighted by molar-refractivity contribution is 7.12. The smallest absolute Gasteiger partial charge is 0.328 e. The Labute approximate surface area is 146 Å². The Morgan fingerprint density at radius 3 is 2.20 bits per heavy atom. The highest BCUT2D eigenvalue weighted by atomic mass is 32.1. The van der Waals surface area contributed by atoms with Crippen molar-refractivity contribution in [1.82, 2.24) is 10.6 Å². The molecule has 4 amide bonds. The van der Waals surface area contributed by atoms with Crippen LogP contribution in [-0.2, 0) is 24.8 Å². The Morgan fingerprint density at radius 1 is 0.920 bits per heavy atom. The van der Waals surface area contributed by atoms with Crippen LogP contribution in [0.5, 0.6) is 0 Å². The standard InChI is InChI=1S/C17H14N2O5S/c20-14-13(15(21)19-16(22)18-14)11-6-7-12(25-11)17(23-8-9-24-17)10-4-2-1-3-5-10/h1-7,13H,8-9H2,(H2,18,19,20,21,22). The first-order valence-corrected chi connectivity index (χ1v) is 8.51. The van der Waals surface area contributed by atoms with Gasteiger partial charge in [-0.15, -0.1) is 11.3 Å². The topological polar surface area (TPSA) is 93.7 Å². The number of barbiturate groups is 1. The number of carbonyl (C=O) groups is 3. The summed E-state index contributed by atoms with van der Waals surface area (Å²) in [7, 11) is 0. The predicted molar refractivity (Wildman–Crippen MR) is 87.9 cm³/mol. The molecule has 0 atom stereocenters. The van der Waals surface area contributed by atoms with Crippen LogP contribution in [0.1, 0.15) is 21.2 Å². The predicted octanol–water partition coefficient (Wildman–Crippen LogP) is 1.45. The van der Waals surface area contributed by atoms with E-state index < -0.39 is 29.6 Å². The Bertz CT molecular complexity index is 822. The third kappa shape index (κ3) is 2.64. The first kappa shape index (κ1) is 15.9. The molecule has 1 aromatic carbocycles. The molecule has 2 saturated heterocycles. The van der Waals surface area contributed by atoms with Crippen LogP contribution in [0.15, 0.2) is 42.5 Å². The maximum atomic E-state index is 12.0. The van der Waals surface area contributed by atoms with E-state index >= 15 is 0 Å². The van der Waals surface area contributed by atoms with Crippen molar-refractivity contribution in [2.45, 2.75) is 11.7 Å². The minimum absolute atomic E-state index is 0.445. The zero-order valence-electron chi connectivity index (χ0n) is 13.0. The van der Waals surface area contributed by atoms with E-state index in [1.54, 1.807) is 12.1 Å². The van der Waals surface area contributed by atoms with E-state index in [0.29, 0.717) is 18.1 Å². The fourth-order valence-corrected chi connectivity index (χ4v) is 4.21. The molecule has 7 nitrogen and oxygen atoms in total. The number of imide groups is 2. The minimum atomic E-state index is -1.06. The van der Waals surface area contributed by atoms with Crippen molar-refractivity contribution in [2.75, 3.05) is 13.2 Å². The largest absolute Gasteiger partial charge is 0.339 e. The van der Waals surface area contributed by atoms with E-state index in [-0.39, 0.29) is 0 Å². The fraction of sp³-hybridized carbons (Fsp3) is 0.235. The molecule has 0 aliphatic carbocycles. The normalized spacial score (nSPS) is 20.4. The van der Waals surface area contributed by atoms with Crippen molar-refractivity contribution in [2.24, 2.45) is 0 Å². The first-order valence-electron chi connectivity index (χ1n) is 7.69.